The topological polar surface area (TPSA) is 33.1 Å². The summed E-state index contributed by atoms with van der Waals surface area (Å²) in [5.41, 5.74) is 1.53. The van der Waals surface area contributed by atoms with E-state index in [1.54, 1.807) is 6.20 Å². The van der Waals surface area contributed by atoms with Gasteiger partial charge in [0.25, 0.3) is 0 Å². The van der Waals surface area contributed by atoms with Gasteiger partial charge in [-0.05, 0) is 50.1 Å². The zero-order chi connectivity index (χ0) is 13.1. The molecule has 0 saturated carbocycles. The Morgan fingerprint density at radius 2 is 2.00 bits per heavy atom. The molecule has 0 radical (unpaired) electrons. The third kappa shape index (κ3) is 3.32. The molecule has 2 nitrogen and oxygen atoms in total. The van der Waals surface area contributed by atoms with E-state index in [-0.39, 0.29) is 0 Å². The van der Waals surface area contributed by atoms with Gasteiger partial charge in [-0.15, -0.1) is 0 Å². The molecule has 1 N–H and O–H groups in total. The molecule has 0 amide bonds. The predicted molar refractivity (Wildman–Crippen MR) is 79.8 cm³/mol. The number of benzene rings is 1. The maximum atomic E-state index is 10.2. The van der Waals surface area contributed by atoms with Crippen LogP contribution in [0.1, 0.15) is 17.4 Å². The molecule has 0 spiro atoms. The second-order valence-electron chi connectivity index (χ2n) is 3.83. The minimum absolute atomic E-state index is 0.434. The van der Waals surface area contributed by atoms with E-state index < -0.39 is 6.10 Å². The van der Waals surface area contributed by atoms with Crippen molar-refractivity contribution in [1.82, 2.24) is 4.98 Å². The van der Waals surface area contributed by atoms with Crippen LogP contribution in [0, 0.1) is 0 Å². The van der Waals surface area contributed by atoms with Crippen molar-refractivity contribution in [3.63, 3.8) is 0 Å². The molecule has 1 aromatic heterocycles. The highest BCUT2D eigenvalue weighted by atomic mass is 79.9. The van der Waals surface area contributed by atoms with Gasteiger partial charge in [0, 0.05) is 32.8 Å². The number of aliphatic hydroxyl groups is 1. The van der Waals surface area contributed by atoms with Gasteiger partial charge >= 0.3 is 0 Å². The predicted octanol–water partition coefficient (Wildman–Crippen LogP) is 4.54. The second kappa shape index (κ2) is 6.15. The smallest absolute Gasteiger partial charge is 0.0860 e. The SMILES string of the molecule is OC(Cc1ccc(Br)cn1)c1cccc(Br)c1Cl. The molecule has 0 fully saturated rings. The summed E-state index contributed by atoms with van der Waals surface area (Å²) in [5.74, 6) is 0. The molecule has 18 heavy (non-hydrogen) atoms. The summed E-state index contributed by atoms with van der Waals surface area (Å²) in [6, 6.07) is 9.29. The lowest BCUT2D eigenvalue weighted by molar-refractivity contribution is 0.177. The Labute approximate surface area is 127 Å². The Bertz CT molecular complexity index is 545. The van der Waals surface area contributed by atoms with Crippen LogP contribution in [0.4, 0.5) is 0 Å². The Hall–Kier alpha value is -0.420. The van der Waals surface area contributed by atoms with Crippen molar-refractivity contribution in [1.29, 1.82) is 0 Å². The molecule has 0 aliphatic rings. The van der Waals surface area contributed by atoms with E-state index in [9.17, 15) is 5.11 Å². The molecule has 1 atom stereocenters. The van der Waals surface area contributed by atoms with Gasteiger partial charge < -0.3 is 5.11 Å². The van der Waals surface area contributed by atoms with Crippen molar-refractivity contribution >= 4 is 43.5 Å². The number of aromatic nitrogens is 1. The van der Waals surface area contributed by atoms with Gasteiger partial charge in [0.05, 0.1) is 11.1 Å². The van der Waals surface area contributed by atoms with Crippen LogP contribution in [0.25, 0.3) is 0 Å². The number of aliphatic hydroxyl groups excluding tert-OH is 1. The molecule has 0 saturated heterocycles. The van der Waals surface area contributed by atoms with Crippen LogP contribution in [-0.2, 0) is 6.42 Å². The third-order valence-corrected chi connectivity index (χ3v) is 4.31. The number of hydrogen-bond donors (Lipinski definition) is 1. The van der Waals surface area contributed by atoms with Gasteiger partial charge in [0.15, 0.2) is 0 Å². The largest absolute Gasteiger partial charge is 0.388 e. The molecule has 1 unspecified atom stereocenters. The van der Waals surface area contributed by atoms with Gasteiger partial charge in [0.2, 0.25) is 0 Å². The molecule has 1 heterocycles. The van der Waals surface area contributed by atoms with Crippen LogP contribution in [0.2, 0.25) is 5.02 Å². The molecule has 2 aromatic rings. The lowest BCUT2D eigenvalue weighted by atomic mass is 10.0. The van der Waals surface area contributed by atoms with Crippen LogP contribution in [0.15, 0.2) is 45.5 Å². The summed E-state index contributed by atoms with van der Waals surface area (Å²) >= 11 is 12.8. The van der Waals surface area contributed by atoms with Crippen LogP contribution < -0.4 is 0 Å². The Morgan fingerprint density at radius 1 is 1.22 bits per heavy atom. The van der Waals surface area contributed by atoms with E-state index in [4.69, 9.17) is 11.6 Å². The molecule has 0 aliphatic carbocycles. The monoisotopic (exact) mass is 389 g/mol. The highest BCUT2D eigenvalue weighted by Gasteiger charge is 2.14. The van der Waals surface area contributed by atoms with E-state index in [1.807, 2.05) is 30.3 Å². The fourth-order valence-electron chi connectivity index (χ4n) is 1.61. The zero-order valence-corrected chi connectivity index (χ0v) is 13.2. The van der Waals surface area contributed by atoms with Crippen molar-refractivity contribution in [3.8, 4) is 0 Å². The standard InChI is InChI=1S/C13H10Br2ClNO/c14-8-4-5-9(17-7-8)6-12(18)10-2-1-3-11(15)13(10)16/h1-5,7,12,18H,6H2. The normalized spacial score (nSPS) is 12.4. The highest BCUT2D eigenvalue weighted by molar-refractivity contribution is 9.10. The quantitative estimate of drug-likeness (QED) is 0.834. The van der Waals surface area contributed by atoms with Crippen LogP contribution >= 0.6 is 43.5 Å². The highest BCUT2D eigenvalue weighted by Crippen LogP contribution is 2.31. The number of pyridine rings is 1. The molecule has 94 valence electrons. The first kappa shape index (κ1) is 14.0. The lowest BCUT2D eigenvalue weighted by Crippen LogP contribution is -2.04. The first-order valence-corrected chi connectivity index (χ1v) is 7.26. The second-order valence-corrected chi connectivity index (χ2v) is 5.98. The fraction of sp³-hybridized carbons (Fsp3) is 0.154. The summed E-state index contributed by atoms with van der Waals surface area (Å²) in [6.45, 7) is 0. The zero-order valence-electron chi connectivity index (χ0n) is 9.28. The number of hydrogen-bond acceptors (Lipinski definition) is 2. The molecular formula is C13H10Br2ClNO. The first-order valence-electron chi connectivity index (χ1n) is 5.30. The van der Waals surface area contributed by atoms with Crippen molar-refractivity contribution < 1.29 is 5.11 Å². The molecule has 1 aromatic carbocycles. The molecule has 0 bridgehead atoms. The minimum atomic E-state index is -0.663. The maximum Gasteiger partial charge on any atom is 0.0860 e. The lowest BCUT2D eigenvalue weighted by Gasteiger charge is -2.13. The molecule has 2 rings (SSSR count). The number of nitrogens with zero attached hydrogens (tertiary/aromatic N) is 1. The summed E-state index contributed by atoms with van der Waals surface area (Å²) in [6.07, 6.45) is 1.48. The van der Waals surface area contributed by atoms with Gasteiger partial charge in [-0.2, -0.15) is 0 Å². The fourth-order valence-corrected chi connectivity index (χ4v) is 2.48. The summed E-state index contributed by atoms with van der Waals surface area (Å²) in [5, 5.41) is 10.7. The summed E-state index contributed by atoms with van der Waals surface area (Å²) in [4.78, 5) is 4.23. The van der Waals surface area contributed by atoms with E-state index in [1.165, 1.54) is 0 Å². The van der Waals surface area contributed by atoms with Gasteiger partial charge in [-0.3, -0.25) is 4.98 Å². The summed E-state index contributed by atoms with van der Waals surface area (Å²) < 4.78 is 1.70. The Morgan fingerprint density at radius 3 is 2.67 bits per heavy atom. The van der Waals surface area contributed by atoms with Gasteiger partial charge in [-0.1, -0.05) is 23.7 Å². The minimum Gasteiger partial charge on any atom is -0.388 e. The van der Waals surface area contributed by atoms with Gasteiger partial charge in [0.1, 0.15) is 0 Å². The van der Waals surface area contributed by atoms with Crippen molar-refractivity contribution in [2.45, 2.75) is 12.5 Å². The molecule has 5 heteroatoms. The number of rotatable bonds is 3. The Balaban J connectivity index is 2.19. The molecular weight excluding hydrogens is 381 g/mol. The van der Waals surface area contributed by atoms with Crippen LogP contribution in [-0.4, -0.2) is 10.1 Å². The van der Waals surface area contributed by atoms with Crippen molar-refractivity contribution in [3.05, 3.63) is 61.8 Å². The average Bonchev–Trinajstić information content (AvgIpc) is 2.35. The van der Waals surface area contributed by atoms with E-state index in [2.05, 4.69) is 36.8 Å². The van der Waals surface area contributed by atoms with Crippen molar-refractivity contribution in [2.24, 2.45) is 0 Å². The van der Waals surface area contributed by atoms with Crippen LogP contribution in [0.5, 0.6) is 0 Å². The van der Waals surface area contributed by atoms with Gasteiger partial charge in [-0.25, -0.2) is 0 Å². The summed E-state index contributed by atoms with van der Waals surface area (Å²) in [7, 11) is 0. The van der Waals surface area contributed by atoms with E-state index >= 15 is 0 Å². The third-order valence-electron chi connectivity index (χ3n) is 2.53. The van der Waals surface area contributed by atoms with Crippen molar-refractivity contribution in [2.75, 3.05) is 0 Å². The van der Waals surface area contributed by atoms with Crippen LogP contribution in [0.3, 0.4) is 0 Å². The number of halogens is 3. The van der Waals surface area contributed by atoms with E-state index in [0.717, 1.165) is 14.6 Å². The average molecular weight is 391 g/mol. The molecule has 0 aliphatic heterocycles. The Kier molecular flexibility index (Phi) is 4.78. The first-order chi connectivity index (χ1) is 8.58. The van der Waals surface area contributed by atoms with E-state index in [0.29, 0.717) is 17.0 Å². The maximum absolute atomic E-state index is 10.2.